The van der Waals surface area contributed by atoms with Crippen LogP contribution in [0.5, 0.6) is 0 Å². The average molecular weight is 288 g/mol. The minimum Gasteiger partial charge on any atom is -0.357 e. The average Bonchev–Trinajstić information content (AvgIpc) is 2.84. The van der Waals surface area contributed by atoms with Gasteiger partial charge in [0.15, 0.2) is 5.13 Å². The van der Waals surface area contributed by atoms with Gasteiger partial charge in [0, 0.05) is 30.6 Å². The maximum Gasteiger partial charge on any atom is 0.183 e. The highest BCUT2D eigenvalue weighted by molar-refractivity contribution is 9.10. The molecule has 0 bridgehead atoms. The monoisotopic (exact) mass is 287 g/mol. The van der Waals surface area contributed by atoms with Crippen molar-refractivity contribution in [1.29, 1.82) is 0 Å². The van der Waals surface area contributed by atoms with E-state index in [-0.39, 0.29) is 0 Å². The number of likely N-dealkylation sites (tertiary alicyclic amines) is 1. The molecule has 1 aromatic rings. The number of rotatable bonds is 3. The van der Waals surface area contributed by atoms with Crippen LogP contribution in [0.3, 0.4) is 0 Å². The summed E-state index contributed by atoms with van der Waals surface area (Å²) in [5.41, 5.74) is 0. The molecule has 15 heavy (non-hydrogen) atoms. The summed E-state index contributed by atoms with van der Waals surface area (Å²) in [6, 6.07) is 1.50. The van der Waals surface area contributed by atoms with Crippen molar-refractivity contribution in [2.45, 2.75) is 31.3 Å². The molecule has 1 saturated carbocycles. The second-order valence-electron chi connectivity index (χ2n) is 4.33. The van der Waals surface area contributed by atoms with Gasteiger partial charge < -0.3 is 5.32 Å². The van der Waals surface area contributed by atoms with E-state index in [0.29, 0.717) is 6.04 Å². The molecule has 1 aliphatic heterocycles. The normalized spacial score (nSPS) is 27.1. The van der Waals surface area contributed by atoms with Crippen LogP contribution in [0.2, 0.25) is 0 Å². The zero-order chi connectivity index (χ0) is 10.3. The summed E-state index contributed by atoms with van der Waals surface area (Å²) in [4.78, 5) is 6.98. The molecule has 1 N–H and O–H groups in total. The summed E-state index contributed by atoms with van der Waals surface area (Å²) in [5.74, 6) is 0. The van der Waals surface area contributed by atoms with Crippen molar-refractivity contribution in [3.05, 3.63) is 9.98 Å². The number of aromatic nitrogens is 1. The van der Waals surface area contributed by atoms with Gasteiger partial charge in [-0.1, -0.05) is 0 Å². The van der Waals surface area contributed by atoms with E-state index in [1.807, 2.05) is 5.38 Å². The summed E-state index contributed by atoms with van der Waals surface area (Å²) in [5, 5.41) is 6.58. The summed E-state index contributed by atoms with van der Waals surface area (Å²) >= 11 is 5.05. The summed E-state index contributed by atoms with van der Waals surface area (Å²) in [6.07, 6.45) is 4.08. The van der Waals surface area contributed by atoms with Gasteiger partial charge in [0.2, 0.25) is 0 Å². The zero-order valence-electron chi connectivity index (χ0n) is 8.45. The Morgan fingerprint density at radius 2 is 2.33 bits per heavy atom. The number of nitrogens with one attached hydrogen (secondary N) is 1. The molecule has 1 saturated heterocycles. The predicted octanol–water partition coefficient (Wildman–Crippen LogP) is 2.55. The number of anilines is 1. The molecule has 1 aromatic heterocycles. The lowest BCUT2D eigenvalue weighted by atomic mass is 10.3. The Hall–Kier alpha value is -0.130. The SMILES string of the molecule is Brc1csc(NC2CCN(C3CC3)C2)n1. The van der Waals surface area contributed by atoms with E-state index in [4.69, 9.17) is 0 Å². The lowest BCUT2D eigenvalue weighted by Crippen LogP contribution is -2.27. The van der Waals surface area contributed by atoms with Crippen LogP contribution < -0.4 is 5.32 Å². The van der Waals surface area contributed by atoms with Crippen molar-refractivity contribution in [3.8, 4) is 0 Å². The minimum absolute atomic E-state index is 0.601. The van der Waals surface area contributed by atoms with Gasteiger partial charge in [-0.15, -0.1) is 11.3 Å². The standard InChI is InChI=1S/C10H14BrN3S/c11-9-6-15-10(13-9)12-7-3-4-14(5-7)8-1-2-8/h6-8H,1-5H2,(H,12,13). The topological polar surface area (TPSA) is 28.2 Å². The number of thiazole rings is 1. The summed E-state index contributed by atoms with van der Waals surface area (Å²) in [6.45, 7) is 2.46. The van der Waals surface area contributed by atoms with Crippen LogP contribution in [0.15, 0.2) is 9.98 Å². The van der Waals surface area contributed by atoms with Gasteiger partial charge in [-0.3, -0.25) is 4.90 Å². The Morgan fingerprint density at radius 3 is 3.00 bits per heavy atom. The molecule has 5 heteroatoms. The quantitative estimate of drug-likeness (QED) is 0.926. The smallest absolute Gasteiger partial charge is 0.183 e. The third kappa shape index (κ3) is 2.34. The van der Waals surface area contributed by atoms with Crippen molar-refractivity contribution in [1.82, 2.24) is 9.88 Å². The van der Waals surface area contributed by atoms with Gasteiger partial charge in [0.25, 0.3) is 0 Å². The van der Waals surface area contributed by atoms with Gasteiger partial charge in [-0.2, -0.15) is 0 Å². The molecule has 3 nitrogen and oxygen atoms in total. The van der Waals surface area contributed by atoms with Crippen molar-refractivity contribution >= 4 is 32.4 Å². The Kier molecular flexibility index (Phi) is 2.70. The third-order valence-electron chi connectivity index (χ3n) is 3.09. The molecule has 2 fully saturated rings. The van der Waals surface area contributed by atoms with Crippen molar-refractivity contribution in [3.63, 3.8) is 0 Å². The molecule has 1 unspecified atom stereocenters. The lowest BCUT2D eigenvalue weighted by molar-refractivity contribution is 0.326. The van der Waals surface area contributed by atoms with Crippen LogP contribution >= 0.6 is 27.3 Å². The Balaban J connectivity index is 1.56. The van der Waals surface area contributed by atoms with Crippen molar-refractivity contribution in [2.75, 3.05) is 18.4 Å². The maximum atomic E-state index is 4.37. The molecule has 2 heterocycles. The van der Waals surface area contributed by atoms with Gasteiger partial charge in [0.05, 0.1) is 0 Å². The first kappa shape index (κ1) is 10.1. The first-order valence-corrected chi connectivity index (χ1v) is 7.10. The molecule has 1 aliphatic carbocycles. The number of nitrogens with zero attached hydrogens (tertiary/aromatic N) is 2. The van der Waals surface area contributed by atoms with Crippen LogP contribution in [-0.4, -0.2) is 35.1 Å². The van der Waals surface area contributed by atoms with E-state index in [0.717, 1.165) is 15.8 Å². The van der Waals surface area contributed by atoms with Gasteiger partial charge in [0.1, 0.15) is 4.60 Å². The van der Waals surface area contributed by atoms with Crippen molar-refractivity contribution in [2.24, 2.45) is 0 Å². The van der Waals surface area contributed by atoms with Crippen LogP contribution in [0, 0.1) is 0 Å². The highest BCUT2D eigenvalue weighted by Crippen LogP contribution is 2.31. The van der Waals surface area contributed by atoms with Crippen molar-refractivity contribution < 1.29 is 0 Å². The fourth-order valence-corrected chi connectivity index (χ4v) is 3.39. The molecule has 0 radical (unpaired) electrons. The summed E-state index contributed by atoms with van der Waals surface area (Å²) < 4.78 is 0.937. The highest BCUT2D eigenvalue weighted by atomic mass is 79.9. The fraction of sp³-hybridized carbons (Fsp3) is 0.700. The lowest BCUT2D eigenvalue weighted by Gasteiger charge is -2.15. The molecule has 3 rings (SSSR count). The predicted molar refractivity (Wildman–Crippen MR) is 66.4 cm³/mol. The number of hydrogen-bond donors (Lipinski definition) is 1. The Bertz CT molecular complexity index is 350. The van der Waals surface area contributed by atoms with E-state index < -0.39 is 0 Å². The second kappa shape index (κ2) is 4.03. The van der Waals surface area contributed by atoms with E-state index in [1.54, 1.807) is 11.3 Å². The van der Waals surface area contributed by atoms with Crippen LogP contribution in [0.25, 0.3) is 0 Å². The third-order valence-corrected chi connectivity index (χ3v) is 4.57. The van der Waals surface area contributed by atoms with E-state index >= 15 is 0 Å². The van der Waals surface area contributed by atoms with Gasteiger partial charge in [-0.05, 0) is 35.2 Å². The van der Waals surface area contributed by atoms with E-state index in [9.17, 15) is 0 Å². The van der Waals surface area contributed by atoms with E-state index in [2.05, 4.69) is 31.1 Å². The second-order valence-corrected chi connectivity index (χ2v) is 6.00. The fourth-order valence-electron chi connectivity index (χ4n) is 2.17. The van der Waals surface area contributed by atoms with Crippen LogP contribution in [0.1, 0.15) is 19.3 Å². The largest absolute Gasteiger partial charge is 0.357 e. The molecule has 0 aromatic carbocycles. The molecule has 82 valence electrons. The maximum absolute atomic E-state index is 4.37. The highest BCUT2D eigenvalue weighted by Gasteiger charge is 2.34. The minimum atomic E-state index is 0.601. The Morgan fingerprint density at radius 1 is 1.47 bits per heavy atom. The van der Waals surface area contributed by atoms with E-state index in [1.165, 1.54) is 32.4 Å². The molecular weight excluding hydrogens is 274 g/mol. The number of hydrogen-bond acceptors (Lipinski definition) is 4. The molecule has 0 amide bonds. The number of halogens is 1. The van der Waals surface area contributed by atoms with Gasteiger partial charge in [-0.25, -0.2) is 4.98 Å². The summed E-state index contributed by atoms with van der Waals surface area (Å²) in [7, 11) is 0. The van der Waals surface area contributed by atoms with Crippen LogP contribution in [-0.2, 0) is 0 Å². The molecule has 2 aliphatic rings. The Labute approximate surface area is 102 Å². The first-order chi connectivity index (χ1) is 7.31. The first-order valence-electron chi connectivity index (χ1n) is 5.43. The zero-order valence-corrected chi connectivity index (χ0v) is 10.9. The molecule has 0 spiro atoms. The van der Waals surface area contributed by atoms with Crippen LogP contribution in [0.4, 0.5) is 5.13 Å². The molecule has 1 atom stereocenters. The molecular formula is C10H14BrN3S. The van der Waals surface area contributed by atoms with Gasteiger partial charge >= 0.3 is 0 Å².